The van der Waals surface area contributed by atoms with Gasteiger partial charge in [-0.3, -0.25) is 9.59 Å². The minimum atomic E-state index is -0.335. The fraction of sp³-hybridized carbons (Fsp3) is 0.286. The summed E-state index contributed by atoms with van der Waals surface area (Å²) in [5.74, 6) is -0.646. The number of hydrogen-bond acceptors (Lipinski definition) is 3. The molecule has 1 aliphatic heterocycles. The summed E-state index contributed by atoms with van der Waals surface area (Å²) in [4.78, 5) is 24.6. The first-order valence-electron chi connectivity index (χ1n) is 6.18. The molecule has 0 bridgehead atoms. The van der Waals surface area contributed by atoms with Crippen molar-refractivity contribution in [2.75, 3.05) is 18.8 Å². The summed E-state index contributed by atoms with van der Waals surface area (Å²) in [6, 6.07) is 7.25. The molecule has 1 saturated heterocycles. The second-order valence-corrected chi connectivity index (χ2v) is 4.67. The highest BCUT2D eigenvalue weighted by atomic mass is 16.2. The molecule has 1 aromatic carbocycles. The normalized spacial score (nSPS) is 18.9. The number of hydrogen-bond donors (Lipinski definition) is 2. The molecule has 1 aromatic rings. The molecule has 1 atom stereocenters. The minimum Gasteiger partial charge on any atom is -0.399 e. The Balaban J connectivity index is 1.94. The number of rotatable bonds is 3. The van der Waals surface area contributed by atoms with Crippen molar-refractivity contribution in [3.63, 3.8) is 0 Å². The average molecular weight is 259 g/mol. The van der Waals surface area contributed by atoms with Gasteiger partial charge in [-0.2, -0.15) is 0 Å². The summed E-state index contributed by atoms with van der Waals surface area (Å²) in [6.07, 6.45) is 3.89. The highest BCUT2D eigenvalue weighted by molar-refractivity contribution is 5.92. The second-order valence-electron chi connectivity index (χ2n) is 4.67. The SMILES string of the molecule is NC(=O)C1CCN(C(=O)/C=C/c2ccc(N)cc2)C1. The molecule has 2 rings (SSSR count). The van der Waals surface area contributed by atoms with Crippen molar-refractivity contribution in [1.82, 2.24) is 4.90 Å². The molecular formula is C14H17N3O2. The van der Waals surface area contributed by atoms with Crippen LogP contribution in [0.1, 0.15) is 12.0 Å². The van der Waals surface area contributed by atoms with Crippen LogP contribution in [0.15, 0.2) is 30.3 Å². The van der Waals surface area contributed by atoms with Gasteiger partial charge >= 0.3 is 0 Å². The summed E-state index contributed by atoms with van der Waals surface area (Å²) in [5, 5.41) is 0. The van der Waals surface area contributed by atoms with E-state index in [1.807, 2.05) is 12.1 Å². The molecule has 4 N–H and O–H groups in total. The first kappa shape index (κ1) is 13.1. The summed E-state index contributed by atoms with van der Waals surface area (Å²) in [6.45, 7) is 0.999. The zero-order chi connectivity index (χ0) is 13.8. The molecule has 1 heterocycles. The van der Waals surface area contributed by atoms with Gasteiger partial charge in [0.2, 0.25) is 11.8 Å². The molecule has 2 amide bonds. The zero-order valence-electron chi connectivity index (χ0n) is 10.6. The van der Waals surface area contributed by atoms with Gasteiger partial charge in [0, 0.05) is 24.9 Å². The summed E-state index contributed by atoms with van der Waals surface area (Å²) < 4.78 is 0. The molecule has 1 unspecified atom stereocenters. The fourth-order valence-electron chi connectivity index (χ4n) is 2.07. The van der Waals surface area contributed by atoms with Gasteiger partial charge in [-0.25, -0.2) is 0 Å². The minimum absolute atomic E-state index is 0.0967. The molecule has 5 heteroatoms. The third-order valence-electron chi connectivity index (χ3n) is 3.26. The molecule has 1 fully saturated rings. The van der Waals surface area contributed by atoms with E-state index in [0.29, 0.717) is 25.2 Å². The predicted molar refractivity (Wildman–Crippen MR) is 73.8 cm³/mol. The highest BCUT2D eigenvalue weighted by Gasteiger charge is 2.28. The third-order valence-corrected chi connectivity index (χ3v) is 3.26. The standard InChI is InChI=1S/C14H17N3O2/c15-12-4-1-10(2-5-12)3-6-13(18)17-8-7-11(9-17)14(16)19/h1-6,11H,7-9,15H2,(H2,16,19)/b6-3+. The first-order valence-corrected chi connectivity index (χ1v) is 6.18. The molecule has 0 aliphatic carbocycles. The maximum atomic E-state index is 11.9. The lowest BCUT2D eigenvalue weighted by atomic mass is 10.1. The van der Waals surface area contributed by atoms with Crippen molar-refractivity contribution >= 4 is 23.6 Å². The number of carbonyl (C=O) groups excluding carboxylic acids is 2. The smallest absolute Gasteiger partial charge is 0.246 e. The average Bonchev–Trinajstić information content (AvgIpc) is 2.87. The Morgan fingerprint density at radius 1 is 1.26 bits per heavy atom. The maximum absolute atomic E-state index is 11.9. The number of benzene rings is 1. The summed E-state index contributed by atoms with van der Waals surface area (Å²) in [5.41, 5.74) is 12.4. The Morgan fingerprint density at radius 3 is 2.53 bits per heavy atom. The largest absolute Gasteiger partial charge is 0.399 e. The topological polar surface area (TPSA) is 89.4 Å². The lowest BCUT2D eigenvalue weighted by Crippen LogP contribution is -2.30. The van der Waals surface area contributed by atoms with Crippen molar-refractivity contribution in [2.24, 2.45) is 11.7 Å². The molecule has 0 saturated carbocycles. The van der Waals surface area contributed by atoms with Crippen molar-refractivity contribution in [2.45, 2.75) is 6.42 Å². The number of amides is 2. The molecule has 0 spiro atoms. The first-order chi connectivity index (χ1) is 9.06. The maximum Gasteiger partial charge on any atom is 0.246 e. The van der Waals surface area contributed by atoms with E-state index in [9.17, 15) is 9.59 Å². The fourth-order valence-corrected chi connectivity index (χ4v) is 2.07. The monoisotopic (exact) mass is 259 g/mol. The molecule has 5 nitrogen and oxygen atoms in total. The van der Waals surface area contributed by atoms with E-state index in [1.54, 1.807) is 23.1 Å². The van der Waals surface area contributed by atoms with Crippen LogP contribution in [0.25, 0.3) is 6.08 Å². The van der Waals surface area contributed by atoms with Gasteiger partial charge in [0.15, 0.2) is 0 Å². The Hall–Kier alpha value is -2.30. The van der Waals surface area contributed by atoms with E-state index in [1.165, 1.54) is 6.08 Å². The molecular weight excluding hydrogens is 242 g/mol. The van der Waals surface area contributed by atoms with Crippen molar-refractivity contribution < 1.29 is 9.59 Å². The quantitative estimate of drug-likeness (QED) is 0.616. The van der Waals surface area contributed by atoms with E-state index in [0.717, 1.165) is 5.56 Å². The molecule has 100 valence electrons. The molecule has 19 heavy (non-hydrogen) atoms. The van der Waals surface area contributed by atoms with E-state index in [2.05, 4.69) is 0 Å². The van der Waals surface area contributed by atoms with Crippen LogP contribution in [-0.4, -0.2) is 29.8 Å². The molecule has 1 aliphatic rings. The van der Waals surface area contributed by atoms with Crippen LogP contribution in [0.5, 0.6) is 0 Å². The second kappa shape index (κ2) is 5.56. The van der Waals surface area contributed by atoms with E-state index in [4.69, 9.17) is 11.5 Å². The number of primary amides is 1. The van der Waals surface area contributed by atoms with Crippen molar-refractivity contribution in [3.8, 4) is 0 Å². The van der Waals surface area contributed by atoms with Crippen LogP contribution in [0.2, 0.25) is 0 Å². The van der Waals surface area contributed by atoms with Gasteiger partial charge in [0.05, 0.1) is 5.92 Å². The molecule has 0 aromatic heterocycles. The van der Waals surface area contributed by atoms with Crippen LogP contribution in [0, 0.1) is 5.92 Å². The highest BCUT2D eigenvalue weighted by Crippen LogP contribution is 2.16. The summed E-state index contributed by atoms with van der Waals surface area (Å²) >= 11 is 0. The van der Waals surface area contributed by atoms with Crippen LogP contribution in [0.3, 0.4) is 0 Å². The molecule has 0 radical (unpaired) electrons. The number of likely N-dealkylation sites (tertiary alicyclic amines) is 1. The third kappa shape index (κ3) is 3.34. The number of nitrogens with zero attached hydrogens (tertiary/aromatic N) is 1. The lowest BCUT2D eigenvalue weighted by Gasteiger charge is -2.13. The van der Waals surface area contributed by atoms with Gasteiger partial charge in [-0.15, -0.1) is 0 Å². The number of nitrogen functional groups attached to an aromatic ring is 1. The van der Waals surface area contributed by atoms with Gasteiger partial charge in [-0.1, -0.05) is 12.1 Å². The van der Waals surface area contributed by atoms with Gasteiger partial charge < -0.3 is 16.4 Å². The lowest BCUT2D eigenvalue weighted by molar-refractivity contribution is -0.125. The Bertz CT molecular complexity index is 508. The number of carbonyl (C=O) groups is 2. The van der Waals surface area contributed by atoms with Crippen LogP contribution >= 0.6 is 0 Å². The van der Waals surface area contributed by atoms with Crippen molar-refractivity contribution in [3.05, 3.63) is 35.9 Å². The van der Waals surface area contributed by atoms with Gasteiger partial charge in [0.1, 0.15) is 0 Å². The zero-order valence-corrected chi connectivity index (χ0v) is 10.6. The van der Waals surface area contributed by atoms with Crippen LogP contribution < -0.4 is 11.5 Å². The van der Waals surface area contributed by atoms with Crippen LogP contribution in [0.4, 0.5) is 5.69 Å². The van der Waals surface area contributed by atoms with E-state index in [-0.39, 0.29) is 17.7 Å². The van der Waals surface area contributed by atoms with Gasteiger partial charge in [-0.05, 0) is 30.2 Å². The van der Waals surface area contributed by atoms with Crippen molar-refractivity contribution in [1.29, 1.82) is 0 Å². The van der Waals surface area contributed by atoms with E-state index >= 15 is 0 Å². The van der Waals surface area contributed by atoms with E-state index < -0.39 is 0 Å². The Labute approximate surface area is 111 Å². The number of nitrogens with two attached hydrogens (primary N) is 2. The summed E-state index contributed by atoms with van der Waals surface area (Å²) in [7, 11) is 0. The van der Waals surface area contributed by atoms with Crippen LogP contribution in [-0.2, 0) is 9.59 Å². The van der Waals surface area contributed by atoms with Gasteiger partial charge in [0.25, 0.3) is 0 Å². The Kier molecular flexibility index (Phi) is 3.85. The number of anilines is 1. The predicted octanol–water partition coefficient (Wildman–Crippen LogP) is 0.616. The Morgan fingerprint density at radius 2 is 1.95 bits per heavy atom.